The molecule has 0 aliphatic rings. The first-order chi connectivity index (χ1) is 9.97. The van der Waals surface area contributed by atoms with Crippen LogP contribution >= 0.6 is 11.6 Å². The molecule has 3 rings (SSSR count). The number of aryl methyl sites for hydroxylation is 2. The van der Waals surface area contributed by atoms with Crippen molar-refractivity contribution in [3.05, 3.63) is 58.2 Å². The van der Waals surface area contributed by atoms with Gasteiger partial charge in [-0.15, -0.1) is 10.2 Å². The summed E-state index contributed by atoms with van der Waals surface area (Å²) >= 11 is 5.95. The van der Waals surface area contributed by atoms with Crippen LogP contribution in [0.2, 0.25) is 5.15 Å². The number of hydrogen-bond acceptors (Lipinski definition) is 2. The van der Waals surface area contributed by atoms with Crippen molar-refractivity contribution in [3.63, 3.8) is 0 Å². The highest BCUT2D eigenvalue weighted by Gasteiger charge is 2.15. The van der Waals surface area contributed by atoms with E-state index in [1.54, 1.807) is 0 Å². The molecule has 0 aliphatic carbocycles. The number of benzene rings is 2. The molecule has 5 heteroatoms. The minimum atomic E-state index is -0.954. The van der Waals surface area contributed by atoms with Crippen molar-refractivity contribution in [1.82, 2.24) is 10.2 Å². The quantitative estimate of drug-likeness (QED) is 0.642. The summed E-state index contributed by atoms with van der Waals surface area (Å²) in [6.07, 6.45) is 0. The Hall–Kier alpha value is -2.07. The lowest BCUT2D eigenvalue weighted by Gasteiger charge is -2.10. The van der Waals surface area contributed by atoms with Crippen LogP contribution in [0.1, 0.15) is 11.1 Å². The summed E-state index contributed by atoms with van der Waals surface area (Å²) in [5, 5.41) is 8.78. The van der Waals surface area contributed by atoms with Crippen LogP contribution in [0, 0.1) is 25.5 Å². The third kappa shape index (κ3) is 2.36. The lowest BCUT2D eigenvalue weighted by atomic mass is 9.99. The van der Waals surface area contributed by atoms with Crippen LogP contribution in [0.4, 0.5) is 8.78 Å². The average Bonchev–Trinajstić information content (AvgIpc) is 2.45. The van der Waals surface area contributed by atoms with Crippen molar-refractivity contribution in [2.45, 2.75) is 13.8 Å². The zero-order chi connectivity index (χ0) is 15.1. The van der Waals surface area contributed by atoms with Crippen LogP contribution in [0.5, 0.6) is 0 Å². The van der Waals surface area contributed by atoms with Crippen LogP contribution in [-0.4, -0.2) is 10.2 Å². The van der Waals surface area contributed by atoms with E-state index < -0.39 is 11.6 Å². The number of halogens is 3. The van der Waals surface area contributed by atoms with E-state index in [4.69, 9.17) is 11.6 Å². The molecule has 3 aromatic rings. The largest absolute Gasteiger partial charge is 0.204 e. The van der Waals surface area contributed by atoms with Crippen molar-refractivity contribution >= 4 is 22.4 Å². The second-order valence-corrected chi connectivity index (χ2v) is 5.33. The molecule has 0 amide bonds. The Morgan fingerprint density at radius 3 is 2.29 bits per heavy atom. The average molecular weight is 305 g/mol. The number of nitrogens with zero attached hydrogens (tertiary/aromatic N) is 2. The van der Waals surface area contributed by atoms with Gasteiger partial charge in [0.1, 0.15) is 5.69 Å². The number of hydrogen-bond donors (Lipinski definition) is 0. The first-order valence-electron chi connectivity index (χ1n) is 6.36. The molecule has 0 spiro atoms. The zero-order valence-electron chi connectivity index (χ0n) is 11.4. The summed E-state index contributed by atoms with van der Waals surface area (Å²) in [4.78, 5) is 0. The second-order valence-electron chi connectivity index (χ2n) is 4.97. The Labute approximate surface area is 125 Å². The lowest BCUT2D eigenvalue weighted by Crippen LogP contribution is -1.96. The van der Waals surface area contributed by atoms with Gasteiger partial charge in [-0.05, 0) is 37.6 Å². The van der Waals surface area contributed by atoms with Gasteiger partial charge in [0.2, 0.25) is 0 Å². The van der Waals surface area contributed by atoms with Crippen molar-refractivity contribution in [2.75, 3.05) is 0 Å². The highest BCUT2D eigenvalue weighted by atomic mass is 35.5. The molecule has 21 heavy (non-hydrogen) atoms. The Morgan fingerprint density at radius 1 is 0.905 bits per heavy atom. The van der Waals surface area contributed by atoms with E-state index in [1.807, 2.05) is 32.0 Å². The monoisotopic (exact) mass is 304 g/mol. The van der Waals surface area contributed by atoms with Crippen LogP contribution < -0.4 is 0 Å². The molecule has 0 bridgehead atoms. The summed E-state index contributed by atoms with van der Waals surface area (Å²) in [7, 11) is 0. The fourth-order valence-electron chi connectivity index (χ4n) is 2.30. The molecular formula is C16H11ClF2N2. The van der Waals surface area contributed by atoms with Gasteiger partial charge < -0.3 is 0 Å². The fourth-order valence-corrected chi connectivity index (χ4v) is 2.50. The van der Waals surface area contributed by atoms with Crippen LogP contribution in [-0.2, 0) is 0 Å². The fraction of sp³-hybridized carbons (Fsp3) is 0.125. The summed E-state index contributed by atoms with van der Waals surface area (Å²) in [5.41, 5.74) is 3.34. The maximum Gasteiger partial charge on any atom is 0.159 e. The minimum Gasteiger partial charge on any atom is -0.204 e. The van der Waals surface area contributed by atoms with Crippen molar-refractivity contribution < 1.29 is 8.78 Å². The Kier molecular flexibility index (Phi) is 3.33. The Morgan fingerprint density at radius 2 is 1.57 bits per heavy atom. The maximum atomic E-state index is 13.6. The molecule has 0 N–H and O–H groups in total. The molecule has 0 unspecified atom stereocenters. The first-order valence-corrected chi connectivity index (χ1v) is 6.73. The van der Waals surface area contributed by atoms with E-state index in [2.05, 4.69) is 10.2 Å². The van der Waals surface area contributed by atoms with E-state index in [-0.39, 0.29) is 5.15 Å². The lowest BCUT2D eigenvalue weighted by molar-refractivity contribution is 0.511. The summed E-state index contributed by atoms with van der Waals surface area (Å²) in [6.45, 7) is 3.88. The van der Waals surface area contributed by atoms with E-state index in [0.717, 1.165) is 28.8 Å². The van der Waals surface area contributed by atoms with Gasteiger partial charge in [0.25, 0.3) is 0 Å². The van der Waals surface area contributed by atoms with Crippen molar-refractivity contribution in [3.8, 4) is 11.3 Å². The first kappa shape index (κ1) is 13.9. The van der Waals surface area contributed by atoms with Crippen LogP contribution in [0.15, 0.2) is 30.3 Å². The van der Waals surface area contributed by atoms with E-state index in [1.165, 1.54) is 0 Å². The summed E-state index contributed by atoms with van der Waals surface area (Å²) in [5.74, 6) is -1.89. The van der Waals surface area contributed by atoms with Crippen molar-refractivity contribution in [2.24, 2.45) is 0 Å². The summed E-state index contributed by atoms with van der Waals surface area (Å²) < 4.78 is 27.0. The van der Waals surface area contributed by atoms with Gasteiger partial charge in [0.15, 0.2) is 16.8 Å². The maximum absolute atomic E-state index is 13.6. The molecule has 106 valence electrons. The molecule has 0 saturated heterocycles. The molecule has 0 atom stereocenters. The number of aromatic nitrogens is 2. The summed E-state index contributed by atoms with van der Waals surface area (Å²) in [6, 6.07) is 8.03. The topological polar surface area (TPSA) is 25.8 Å². The van der Waals surface area contributed by atoms with Crippen LogP contribution in [0.3, 0.4) is 0 Å². The Bertz CT molecular complexity index is 863. The molecule has 0 aliphatic heterocycles. The van der Waals surface area contributed by atoms with Crippen LogP contribution in [0.25, 0.3) is 22.0 Å². The van der Waals surface area contributed by atoms with Gasteiger partial charge in [0, 0.05) is 16.3 Å². The molecule has 1 aromatic heterocycles. The van der Waals surface area contributed by atoms with Gasteiger partial charge in [0.05, 0.1) is 0 Å². The smallest absolute Gasteiger partial charge is 0.159 e. The predicted octanol–water partition coefficient (Wildman–Crippen LogP) is 4.85. The minimum absolute atomic E-state index is 0.0537. The normalized spacial score (nSPS) is 11.1. The molecule has 0 saturated carbocycles. The molecule has 2 aromatic carbocycles. The number of rotatable bonds is 1. The highest BCUT2D eigenvalue weighted by Crippen LogP contribution is 2.33. The van der Waals surface area contributed by atoms with E-state index in [0.29, 0.717) is 16.5 Å². The van der Waals surface area contributed by atoms with E-state index in [9.17, 15) is 8.78 Å². The number of fused-ring (bicyclic) bond motifs is 1. The van der Waals surface area contributed by atoms with Gasteiger partial charge in [-0.2, -0.15) is 0 Å². The predicted molar refractivity (Wildman–Crippen MR) is 79.4 cm³/mol. The third-order valence-electron chi connectivity index (χ3n) is 3.42. The molecule has 1 heterocycles. The van der Waals surface area contributed by atoms with Gasteiger partial charge >= 0.3 is 0 Å². The third-order valence-corrected chi connectivity index (χ3v) is 3.70. The molecule has 0 radical (unpaired) electrons. The Balaban J connectivity index is 2.41. The van der Waals surface area contributed by atoms with E-state index >= 15 is 0 Å². The van der Waals surface area contributed by atoms with Gasteiger partial charge in [-0.25, -0.2) is 8.78 Å². The SMILES string of the molecule is Cc1ccc(C)c(-c2nnc(Cl)c3cc(F)c(F)cc23)c1. The zero-order valence-corrected chi connectivity index (χ0v) is 12.2. The standard InChI is InChI=1S/C16H11ClF2N2/c1-8-3-4-9(2)10(5-8)15-11-6-13(18)14(19)7-12(11)16(17)21-20-15/h3-7H,1-2H3. The molecular weight excluding hydrogens is 294 g/mol. The van der Waals surface area contributed by atoms with Gasteiger partial charge in [-0.1, -0.05) is 29.3 Å². The molecule has 2 nitrogen and oxygen atoms in total. The highest BCUT2D eigenvalue weighted by molar-refractivity contribution is 6.34. The van der Waals surface area contributed by atoms with Crippen molar-refractivity contribution in [1.29, 1.82) is 0 Å². The van der Waals surface area contributed by atoms with Gasteiger partial charge in [-0.3, -0.25) is 0 Å². The second kappa shape index (κ2) is 5.04. The molecule has 0 fully saturated rings.